The van der Waals surface area contributed by atoms with Crippen LogP contribution >= 0.6 is 0 Å². The van der Waals surface area contributed by atoms with Crippen LogP contribution in [-0.2, 0) is 4.74 Å². The Morgan fingerprint density at radius 2 is 2.41 bits per heavy atom. The molecule has 1 aromatic rings. The zero-order chi connectivity index (χ0) is 12.3. The zero-order valence-electron chi connectivity index (χ0n) is 11.0. The van der Waals surface area contributed by atoms with Gasteiger partial charge in [-0.1, -0.05) is 0 Å². The minimum absolute atomic E-state index is 0.459. The largest absolute Gasteiger partial charge is 0.383 e. The number of aromatic nitrogens is 2. The van der Waals surface area contributed by atoms with Gasteiger partial charge in [0.25, 0.3) is 0 Å². The van der Waals surface area contributed by atoms with E-state index in [2.05, 4.69) is 30.5 Å². The molecule has 0 radical (unpaired) electrons. The number of hydrogen-bond donors (Lipinski definition) is 1. The molecule has 4 heteroatoms. The smallest absolute Gasteiger partial charge is 0.0587 e. The minimum Gasteiger partial charge on any atom is -0.383 e. The maximum atomic E-state index is 5.01. The molecule has 0 spiro atoms. The number of methoxy groups -OCH3 is 1. The fourth-order valence-corrected chi connectivity index (χ4v) is 2.17. The second-order valence-electron chi connectivity index (χ2n) is 5.15. The van der Waals surface area contributed by atoms with Gasteiger partial charge < -0.3 is 10.1 Å². The maximum Gasteiger partial charge on any atom is 0.0587 e. The van der Waals surface area contributed by atoms with E-state index in [4.69, 9.17) is 4.74 Å². The summed E-state index contributed by atoms with van der Waals surface area (Å²) in [7, 11) is 1.74. The zero-order valence-corrected chi connectivity index (χ0v) is 11.0. The van der Waals surface area contributed by atoms with E-state index >= 15 is 0 Å². The average Bonchev–Trinajstić information content (AvgIpc) is 2.90. The molecule has 0 saturated heterocycles. The predicted molar refractivity (Wildman–Crippen MR) is 68.2 cm³/mol. The van der Waals surface area contributed by atoms with Crippen molar-refractivity contribution in [1.82, 2.24) is 15.1 Å². The molecule has 96 valence electrons. The second-order valence-corrected chi connectivity index (χ2v) is 5.15. The van der Waals surface area contributed by atoms with Gasteiger partial charge in [0.1, 0.15) is 0 Å². The summed E-state index contributed by atoms with van der Waals surface area (Å²) in [4.78, 5) is 0. The Kier molecular flexibility index (Phi) is 4.18. The Bertz CT molecular complexity index is 348. The average molecular weight is 237 g/mol. The summed E-state index contributed by atoms with van der Waals surface area (Å²) in [6.45, 7) is 7.16. The van der Waals surface area contributed by atoms with Crippen molar-refractivity contribution in [2.24, 2.45) is 5.92 Å². The monoisotopic (exact) mass is 237 g/mol. The fraction of sp³-hybridized carbons (Fsp3) is 0.769. The fourth-order valence-electron chi connectivity index (χ4n) is 2.17. The van der Waals surface area contributed by atoms with Gasteiger partial charge in [-0.15, -0.1) is 0 Å². The Labute approximate surface area is 103 Å². The van der Waals surface area contributed by atoms with E-state index in [1.807, 2.05) is 10.9 Å². The van der Waals surface area contributed by atoms with E-state index in [0.717, 1.165) is 31.5 Å². The van der Waals surface area contributed by atoms with E-state index in [1.54, 1.807) is 7.11 Å². The molecule has 0 bridgehead atoms. The van der Waals surface area contributed by atoms with Crippen molar-refractivity contribution in [2.45, 2.75) is 32.2 Å². The van der Waals surface area contributed by atoms with Crippen molar-refractivity contribution >= 4 is 0 Å². The topological polar surface area (TPSA) is 39.1 Å². The van der Waals surface area contributed by atoms with Crippen LogP contribution in [0.1, 0.15) is 37.8 Å². The van der Waals surface area contributed by atoms with Crippen LogP contribution in [0.15, 0.2) is 12.4 Å². The quantitative estimate of drug-likeness (QED) is 0.735. The third-order valence-electron chi connectivity index (χ3n) is 3.39. The summed E-state index contributed by atoms with van der Waals surface area (Å²) in [6.07, 6.45) is 5.52. The lowest BCUT2D eigenvalue weighted by molar-refractivity contribution is 0.199. The van der Waals surface area contributed by atoms with E-state index in [9.17, 15) is 0 Å². The van der Waals surface area contributed by atoms with Crippen LogP contribution in [0.3, 0.4) is 0 Å². The van der Waals surface area contributed by atoms with E-state index in [0.29, 0.717) is 6.04 Å². The van der Waals surface area contributed by atoms with Gasteiger partial charge in [0.2, 0.25) is 0 Å². The van der Waals surface area contributed by atoms with Gasteiger partial charge in [-0.2, -0.15) is 5.10 Å². The maximum absolute atomic E-state index is 5.01. The van der Waals surface area contributed by atoms with Crippen LogP contribution < -0.4 is 5.32 Å². The van der Waals surface area contributed by atoms with Crippen LogP contribution in [0.2, 0.25) is 0 Å². The third-order valence-corrected chi connectivity index (χ3v) is 3.39. The lowest BCUT2D eigenvalue weighted by Crippen LogP contribution is -2.21. The van der Waals surface area contributed by atoms with E-state index < -0.39 is 0 Å². The molecule has 1 aliphatic carbocycles. The molecule has 1 saturated carbocycles. The first-order valence-corrected chi connectivity index (χ1v) is 6.46. The van der Waals surface area contributed by atoms with Crippen LogP contribution in [0.25, 0.3) is 0 Å². The Hall–Kier alpha value is -0.870. The van der Waals surface area contributed by atoms with Gasteiger partial charge in [0, 0.05) is 25.9 Å². The summed E-state index contributed by atoms with van der Waals surface area (Å²) in [6, 6.07) is 0.459. The normalized spacial score (nSPS) is 23.3. The Morgan fingerprint density at radius 1 is 1.59 bits per heavy atom. The second kappa shape index (κ2) is 5.65. The highest BCUT2D eigenvalue weighted by molar-refractivity contribution is 5.20. The molecule has 0 aromatic carbocycles. The highest BCUT2D eigenvalue weighted by atomic mass is 16.5. The molecule has 2 rings (SSSR count). The van der Waals surface area contributed by atoms with Crippen molar-refractivity contribution in [1.29, 1.82) is 0 Å². The number of nitrogens with zero attached hydrogens (tertiary/aromatic N) is 2. The third kappa shape index (κ3) is 3.30. The molecule has 17 heavy (non-hydrogen) atoms. The summed E-state index contributed by atoms with van der Waals surface area (Å²) < 4.78 is 7.05. The van der Waals surface area contributed by atoms with Gasteiger partial charge in [-0.25, -0.2) is 0 Å². The van der Waals surface area contributed by atoms with Gasteiger partial charge in [-0.05, 0) is 44.2 Å². The molecule has 1 heterocycles. The van der Waals surface area contributed by atoms with Crippen molar-refractivity contribution in [2.75, 3.05) is 26.8 Å². The molecular weight excluding hydrogens is 214 g/mol. The van der Waals surface area contributed by atoms with Crippen molar-refractivity contribution in [3.8, 4) is 0 Å². The van der Waals surface area contributed by atoms with Crippen LogP contribution in [-0.4, -0.2) is 36.6 Å². The molecule has 1 aliphatic rings. The first-order valence-electron chi connectivity index (χ1n) is 6.46. The van der Waals surface area contributed by atoms with Crippen LogP contribution in [0.5, 0.6) is 0 Å². The number of hydrogen-bond acceptors (Lipinski definition) is 3. The lowest BCUT2D eigenvalue weighted by atomic mass is 10.2. The number of rotatable bonds is 7. The first-order chi connectivity index (χ1) is 8.22. The van der Waals surface area contributed by atoms with Crippen molar-refractivity contribution in [3.05, 3.63) is 18.0 Å². The molecule has 1 N–H and O–H groups in total. The molecule has 1 aromatic heterocycles. The van der Waals surface area contributed by atoms with Gasteiger partial charge in [0.05, 0.1) is 12.8 Å². The van der Waals surface area contributed by atoms with Crippen molar-refractivity contribution < 1.29 is 4.74 Å². The van der Waals surface area contributed by atoms with Crippen molar-refractivity contribution in [3.63, 3.8) is 0 Å². The highest BCUT2D eigenvalue weighted by Crippen LogP contribution is 2.46. The van der Waals surface area contributed by atoms with Crippen LogP contribution in [0.4, 0.5) is 0 Å². The van der Waals surface area contributed by atoms with Gasteiger partial charge in [0.15, 0.2) is 0 Å². The molecule has 0 amide bonds. The predicted octanol–water partition coefficient (Wildman–Crippen LogP) is 1.80. The van der Waals surface area contributed by atoms with Crippen LogP contribution in [0, 0.1) is 5.92 Å². The number of nitrogens with one attached hydrogen (secondary N) is 1. The summed E-state index contributed by atoms with van der Waals surface area (Å²) >= 11 is 0. The summed E-state index contributed by atoms with van der Waals surface area (Å²) in [5.41, 5.74) is 1.40. The summed E-state index contributed by atoms with van der Waals surface area (Å²) in [5, 5.41) is 7.82. The first kappa shape index (κ1) is 12.6. The molecule has 2 unspecified atom stereocenters. The van der Waals surface area contributed by atoms with E-state index in [-0.39, 0.29) is 0 Å². The van der Waals surface area contributed by atoms with Gasteiger partial charge >= 0.3 is 0 Å². The SMILES string of the molecule is COCCNCC1CC1c1cnn(C(C)C)c1. The molecule has 1 fully saturated rings. The standard InChI is InChI=1S/C13H23N3O/c1-10(2)16-9-12(8-15-16)13-6-11(13)7-14-4-5-17-3/h8-11,13-14H,4-7H2,1-3H3. The summed E-state index contributed by atoms with van der Waals surface area (Å²) in [5.74, 6) is 1.51. The van der Waals surface area contributed by atoms with E-state index in [1.165, 1.54) is 12.0 Å². The molecule has 4 nitrogen and oxygen atoms in total. The Morgan fingerprint density at radius 3 is 3.06 bits per heavy atom. The molecular formula is C13H23N3O. The molecule has 2 atom stereocenters. The highest BCUT2D eigenvalue weighted by Gasteiger charge is 2.38. The minimum atomic E-state index is 0.459. The lowest BCUT2D eigenvalue weighted by Gasteiger charge is -2.03. The molecule has 0 aliphatic heterocycles. The Balaban J connectivity index is 1.74. The number of ether oxygens (including phenoxy) is 1. The van der Waals surface area contributed by atoms with Gasteiger partial charge in [-0.3, -0.25) is 4.68 Å².